The maximum Gasteiger partial charge on any atom is 0.241 e. The molecular weight excluding hydrogens is 384 g/mol. The number of carbonyl (C=O) groups is 1. The van der Waals surface area contributed by atoms with E-state index in [0.29, 0.717) is 22.9 Å². The lowest BCUT2D eigenvalue weighted by atomic mass is 10.1. The van der Waals surface area contributed by atoms with E-state index in [0.717, 1.165) is 16.1 Å². The highest BCUT2D eigenvalue weighted by Gasteiger charge is 2.24. The van der Waals surface area contributed by atoms with Crippen LogP contribution in [0.2, 0.25) is 0 Å². The van der Waals surface area contributed by atoms with Crippen molar-refractivity contribution in [3.05, 3.63) is 48.0 Å². The first-order valence-corrected chi connectivity index (χ1v) is 10.4. The highest BCUT2D eigenvalue weighted by Crippen LogP contribution is 2.36. The quantitative estimate of drug-likeness (QED) is 0.757. The van der Waals surface area contributed by atoms with E-state index >= 15 is 0 Å². The molecule has 0 saturated heterocycles. The third kappa shape index (κ3) is 4.48. The average Bonchev–Trinajstić information content (AvgIpc) is 3.13. The van der Waals surface area contributed by atoms with Gasteiger partial charge < -0.3 is 19.5 Å². The second-order valence-electron chi connectivity index (χ2n) is 6.37. The first-order chi connectivity index (χ1) is 13.3. The first-order valence-electron chi connectivity index (χ1n) is 8.58. The van der Waals surface area contributed by atoms with E-state index in [-0.39, 0.29) is 19.4 Å². The van der Waals surface area contributed by atoms with Gasteiger partial charge >= 0.3 is 0 Å². The van der Waals surface area contributed by atoms with Crippen LogP contribution in [0.25, 0.3) is 0 Å². The number of carbonyl (C=O) groups excluding carboxylic acids is 1. The zero-order valence-electron chi connectivity index (χ0n) is 15.8. The number of fused-ring (bicyclic) bond motifs is 1. The van der Waals surface area contributed by atoms with E-state index in [1.54, 1.807) is 37.4 Å². The molecule has 1 N–H and O–H groups in total. The van der Waals surface area contributed by atoms with Gasteiger partial charge in [-0.25, -0.2) is 8.42 Å². The van der Waals surface area contributed by atoms with Gasteiger partial charge in [-0.1, -0.05) is 12.1 Å². The fourth-order valence-electron chi connectivity index (χ4n) is 2.83. The van der Waals surface area contributed by atoms with Crippen molar-refractivity contribution < 1.29 is 27.4 Å². The first kappa shape index (κ1) is 19.8. The summed E-state index contributed by atoms with van der Waals surface area (Å²) in [5.41, 5.74) is 1.21. The molecule has 0 fully saturated rings. The van der Waals surface area contributed by atoms with Crippen LogP contribution in [0.15, 0.2) is 42.5 Å². The number of amides is 1. The van der Waals surface area contributed by atoms with Gasteiger partial charge in [-0.3, -0.25) is 9.10 Å². The molecule has 8 nitrogen and oxygen atoms in total. The third-order valence-electron chi connectivity index (χ3n) is 4.32. The van der Waals surface area contributed by atoms with E-state index in [2.05, 4.69) is 5.32 Å². The minimum absolute atomic E-state index is 0.0809. The van der Waals surface area contributed by atoms with Crippen molar-refractivity contribution in [2.45, 2.75) is 13.0 Å². The molecule has 2 aromatic rings. The van der Waals surface area contributed by atoms with Crippen LogP contribution in [-0.4, -0.2) is 41.0 Å². The standard InChI is InChI=1S/C19H22N2O6S/c1-13(14-4-7-16(25-2)8-5-14)20-19(22)11-21(28(3,23)24)15-6-9-17-18(10-15)27-12-26-17/h4-10,13H,11-12H2,1-3H3,(H,20,22)/t13-/m1/s1. The van der Waals surface area contributed by atoms with Gasteiger partial charge in [-0.15, -0.1) is 0 Å². The fourth-order valence-corrected chi connectivity index (χ4v) is 3.68. The molecule has 0 saturated carbocycles. The monoisotopic (exact) mass is 406 g/mol. The lowest BCUT2D eigenvalue weighted by Gasteiger charge is -2.23. The highest BCUT2D eigenvalue weighted by atomic mass is 32.2. The van der Waals surface area contributed by atoms with Crippen LogP contribution >= 0.6 is 0 Å². The molecule has 0 radical (unpaired) electrons. The summed E-state index contributed by atoms with van der Waals surface area (Å²) in [6, 6.07) is 11.7. The number of hydrogen-bond donors (Lipinski definition) is 1. The van der Waals surface area contributed by atoms with Crippen LogP contribution < -0.4 is 23.8 Å². The Balaban J connectivity index is 1.73. The summed E-state index contributed by atoms with van der Waals surface area (Å²) in [5, 5.41) is 2.82. The number of benzene rings is 2. The largest absolute Gasteiger partial charge is 0.497 e. The molecule has 2 aromatic carbocycles. The van der Waals surface area contributed by atoms with Gasteiger partial charge in [0, 0.05) is 6.07 Å². The minimum atomic E-state index is -3.68. The van der Waals surface area contributed by atoms with Crippen molar-refractivity contribution in [2.75, 3.05) is 31.0 Å². The van der Waals surface area contributed by atoms with Crippen molar-refractivity contribution >= 4 is 21.6 Å². The summed E-state index contributed by atoms with van der Waals surface area (Å²) in [6.07, 6.45) is 1.05. The number of rotatable bonds is 7. The van der Waals surface area contributed by atoms with Crippen molar-refractivity contribution in [1.82, 2.24) is 5.32 Å². The van der Waals surface area contributed by atoms with E-state index in [1.807, 2.05) is 19.1 Å². The van der Waals surface area contributed by atoms with E-state index < -0.39 is 15.9 Å². The zero-order chi connectivity index (χ0) is 20.3. The Morgan fingerprint density at radius 1 is 1.18 bits per heavy atom. The lowest BCUT2D eigenvalue weighted by Crippen LogP contribution is -2.41. The van der Waals surface area contributed by atoms with Gasteiger partial charge in [-0.05, 0) is 36.8 Å². The van der Waals surface area contributed by atoms with Crippen LogP contribution in [-0.2, 0) is 14.8 Å². The molecule has 1 aliphatic heterocycles. The maximum absolute atomic E-state index is 12.5. The van der Waals surface area contributed by atoms with Crippen molar-refractivity contribution in [2.24, 2.45) is 0 Å². The number of nitrogens with one attached hydrogen (secondary N) is 1. The number of anilines is 1. The summed E-state index contributed by atoms with van der Waals surface area (Å²) in [6.45, 7) is 1.56. The number of ether oxygens (including phenoxy) is 3. The van der Waals surface area contributed by atoms with Crippen molar-refractivity contribution in [3.63, 3.8) is 0 Å². The van der Waals surface area contributed by atoms with Gasteiger partial charge in [0.15, 0.2) is 11.5 Å². The number of nitrogens with zero attached hydrogens (tertiary/aromatic N) is 1. The molecule has 28 heavy (non-hydrogen) atoms. The second kappa shape index (κ2) is 7.97. The summed E-state index contributed by atoms with van der Waals surface area (Å²) < 4.78 is 41.2. The van der Waals surface area contributed by atoms with E-state index in [4.69, 9.17) is 14.2 Å². The number of sulfonamides is 1. The van der Waals surface area contributed by atoms with E-state index in [9.17, 15) is 13.2 Å². The van der Waals surface area contributed by atoms with Gasteiger partial charge in [0.2, 0.25) is 22.7 Å². The Labute approximate surface area is 164 Å². The zero-order valence-corrected chi connectivity index (χ0v) is 16.7. The Bertz CT molecular complexity index is 959. The summed E-state index contributed by atoms with van der Waals surface area (Å²) >= 11 is 0. The minimum Gasteiger partial charge on any atom is -0.497 e. The Morgan fingerprint density at radius 3 is 2.50 bits per heavy atom. The summed E-state index contributed by atoms with van der Waals surface area (Å²) in [5.74, 6) is 1.27. The Morgan fingerprint density at radius 2 is 1.86 bits per heavy atom. The normalized spacial score (nSPS) is 13.7. The van der Waals surface area contributed by atoms with Crippen LogP contribution in [0.1, 0.15) is 18.5 Å². The smallest absolute Gasteiger partial charge is 0.241 e. The van der Waals surface area contributed by atoms with E-state index in [1.165, 1.54) is 0 Å². The van der Waals surface area contributed by atoms with Crippen molar-refractivity contribution in [3.8, 4) is 17.2 Å². The summed E-state index contributed by atoms with van der Waals surface area (Å²) in [7, 11) is -2.10. The molecule has 9 heteroatoms. The molecule has 0 spiro atoms. The van der Waals surface area contributed by atoms with Crippen LogP contribution in [0.3, 0.4) is 0 Å². The summed E-state index contributed by atoms with van der Waals surface area (Å²) in [4.78, 5) is 12.5. The topological polar surface area (TPSA) is 94.2 Å². The molecule has 150 valence electrons. The SMILES string of the molecule is COc1ccc([C@@H](C)NC(=O)CN(c2ccc3c(c2)OCO3)S(C)(=O)=O)cc1. The molecule has 0 unspecified atom stereocenters. The van der Waals surface area contributed by atoms with Crippen molar-refractivity contribution in [1.29, 1.82) is 0 Å². The maximum atomic E-state index is 12.5. The predicted octanol–water partition coefficient (Wildman–Crippen LogP) is 2.07. The molecule has 0 aliphatic carbocycles. The molecule has 1 amide bonds. The van der Waals surface area contributed by atoms with Crippen LogP contribution in [0, 0.1) is 0 Å². The van der Waals surface area contributed by atoms with Gasteiger partial charge in [0.05, 0.1) is 25.1 Å². The van der Waals surface area contributed by atoms with Gasteiger partial charge in [0.25, 0.3) is 0 Å². The Kier molecular flexibility index (Phi) is 5.64. The van der Waals surface area contributed by atoms with Crippen LogP contribution in [0.4, 0.5) is 5.69 Å². The molecule has 1 atom stereocenters. The van der Waals surface area contributed by atoms with Crippen LogP contribution in [0.5, 0.6) is 17.2 Å². The molecule has 1 aliphatic rings. The third-order valence-corrected chi connectivity index (χ3v) is 5.47. The Hall–Kier alpha value is -2.94. The lowest BCUT2D eigenvalue weighted by molar-refractivity contribution is -0.120. The average molecular weight is 406 g/mol. The molecule has 1 heterocycles. The second-order valence-corrected chi connectivity index (χ2v) is 8.28. The fraction of sp³-hybridized carbons (Fsp3) is 0.316. The highest BCUT2D eigenvalue weighted by molar-refractivity contribution is 7.92. The van der Waals surface area contributed by atoms with Gasteiger partial charge in [0.1, 0.15) is 12.3 Å². The molecule has 0 aromatic heterocycles. The molecular formula is C19H22N2O6S. The van der Waals surface area contributed by atoms with Gasteiger partial charge in [-0.2, -0.15) is 0 Å². The predicted molar refractivity (Wildman–Crippen MR) is 104 cm³/mol. The molecule has 0 bridgehead atoms. The number of methoxy groups -OCH3 is 1. The number of hydrogen-bond acceptors (Lipinski definition) is 6. The molecule has 3 rings (SSSR count).